The fourth-order valence-electron chi connectivity index (χ4n) is 2.02. The van der Waals surface area contributed by atoms with E-state index in [-0.39, 0.29) is 5.91 Å². The van der Waals surface area contributed by atoms with E-state index in [9.17, 15) is 4.79 Å². The van der Waals surface area contributed by atoms with Crippen LogP contribution in [0.1, 0.15) is 5.56 Å². The number of rotatable bonds is 2. The van der Waals surface area contributed by atoms with Crippen LogP contribution in [0.3, 0.4) is 0 Å². The van der Waals surface area contributed by atoms with Crippen molar-refractivity contribution in [2.24, 2.45) is 0 Å². The van der Waals surface area contributed by atoms with Crippen molar-refractivity contribution in [3.05, 3.63) is 68.5 Å². The zero-order valence-corrected chi connectivity index (χ0v) is 15.1. The number of hydrogen-bond donors (Lipinski definition) is 0. The van der Waals surface area contributed by atoms with E-state index in [1.165, 1.54) is 11.8 Å². The Morgan fingerprint density at radius 2 is 1.91 bits per heavy atom. The maximum Gasteiger partial charge on any atom is 0.270 e. The smallest absolute Gasteiger partial charge is 0.268 e. The van der Waals surface area contributed by atoms with E-state index in [0.717, 1.165) is 15.7 Å². The lowest BCUT2D eigenvalue weighted by atomic mass is 10.2. The SMILES string of the molecule is O=C1/C(=C\c2ccc(Cl)cc2)SC(=S)N1c1cccc(Br)c1. The standard InChI is InChI=1S/C16H9BrClNOS2/c17-11-2-1-3-13(9-11)19-15(20)14(22-16(19)21)8-10-4-6-12(18)7-5-10/h1-9H/b14-8+. The molecule has 1 aliphatic rings. The molecule has 2 aromatic carbocycles. The molecule has 0 aliphatic carbocycles. The van der Waals surface area contributed by atoms with Gasteiger partial charge in [-0.3, -0.25) is 9.69 Å². The van der Waals surface area contributed by atoms with Crippen molar-refractivity contribution in [3.8, 4) is 0 Å². The number of thiocarbonyl (C=S) groups is 1. The summed E-state index contributed by atoms with van der Waals surface area (Å²) in [6, 6.07) is 14.8. The number of carbonyl (C=O) groups is 1. The van der Waals surface area contributed by atoms with Crippen molar-refractivity contribution in [1.29, 1.82) is 0 Å². The predicted octanol–water partition coefficient (Wildman–Crippen LogP) is 5.51. The summed E-state index contributed by atoms with van der Waals surface area (Å²) < 4.78 is 1.43. The lowest BCUT2D eigenvalue weighted by Gasteiger charge is -2.14. The van der Waals surface area contributed by atoms with Gasteiger partial charge in [0.25, 0.3) is 5.91 Å². The molecule has 3 rings (SSSR count). The van der Waals surface area contributed by atoms with Crippen molar-refractivity contribution < 1.29 is 4.79 Å². The molecule has 0 atom stereocenters. The number of anilines is 1. The number of halogens is 2. The summed E-state index contributed by atoms with van der Waals surface area (Å²) in [5, 5.41) is 0.666. The van der Waals surface area contributed by atoms with Crippen LogP contribution < -0.4 is 4.90 Å². The third-order valence-electron chi connectivity index (χ3n) is 3.03. The van der Waals surface area contributed by atoms with Crippen molar-refractivity contribution in [3.63, 3.8) is 0 Å². The Hall–Kier alpha value is -1.14. The van der Waals surface area contributed by atoms with Crippen LogP contribution in [0.4, 0.5) is 5.69 Å². The van der Waals surface area contributed by atoms with Crippen LogP contribution in [0.25, 0.3) is 6.08 Å². The Balaban J connectivity index is 1.93. The quantitative estimate of drug-likeness (QED) is 0.481. The van der Waals surface area contributed by atoms with Crippen LogP contribution in [0, 0.1) is 0 Å². The van der Waals surface area contributed by atoms with Crippen LogP contribution in [-0.2, 0) is 4.79 Å². The average molecular weight is 411 g/mol. The molecule has 0 bridgehead atoms. The molecule has 0 spiro atoms. The Labute approximate surface area is 151 Å². The predicted molar refractivity (Wildman–Crippen MR) is 101 cm³/mol. The van der Waals surface area contributed by atoms with Gasteiger partial charge in [-0.15, -0.1) is 0 Å². The molecule has 1 fully saturated rings. The second kappa shape index (κ2) is 6.54. The summed E-state index contributed by atoms with van der Waals surface area (Å²) in [5.41, 5.74) is 1.68. The fraction of sp³-hybridized carbons (Fsp3) is 0. The van der Waals surface area contributed by atoms with Gasteiger partial charge in [-0.05, 0) is 42.0 Å². The molecule has 2 nitrogen and oxygen atoms in total. The van der Waals surface area contributed by atoms with Crippen molar-refractivity contribution in [2.45, 2.75) is 0 Å². The average Bonchev–Trinajstić information content (AvgIpc) is 2.76. The van der Waals surface area contributed by atoms with E-state index in [2.05, 4.69) is 15.9 Å². The normalized spacial score (nSPS) is 16.6. The molecular formula is C16H9BrClNOS2. The molecule has 0 saturated carbocycles. The number of benzene rings is 2. The Kier molecular flexibility index (Phi) is 4.68. The van der Waals surface area contributed by atoms with E-state index < -0.39 is 0 Å². The summed E-state index contributed by atoms with van der Waals surface area (Å²) in [6.07, 6.45) is 1.83. The molecule has 0 unspecified atom stereocenters. The van der Waals surface area contributed by atoms with Gasteiger partial charge in [0, 0.05) is 9.50 Å². The van der Waals surface area contributed by atoms with E-state index >= 15 is 0 Å². The summed E-state index contributed by atoms with van der Waals surface area (Å²) in [5.74, 6) is -0.108. The van der Waals surface area contributed by atoms with Crippen LogP contribution in [0.2, 0.25) is 5.02 Å². The number of hydrogen-bond acceptors (Lipinski definition) is 3. The van der Waals surface area contributed by atoms with Crippen molar-refractivity contribution in [1.82, 2.24) is 0 Å². The topological polar surface area (TPSA) is 20.3 Å². The van der Waals surface area contributed by atoms with Gasteiger partial charge in [0.1, 0.15) is 0 Å². The van der Waals surface area contributed by atoms with Gasteiger partial charge in [-0.25, -0.2) is 0 Å². The summed E-state index contributed by atoms with van der Waals surface area (Å²) in [6.45, 7) is 0. The fourth-order valence-corrected chi connectivity index (χ4v) is 3.83. The molecule has 1 heterocycles. The van der Waals surface area contributed by atoms with Crippen LogP contribution >= 0.6 is 51.5 Å². The van der Waals surface area contributed by atoms with Gasteiger partial charge in [-0.1, -0.05) is 69.7 Å². The first kappa shape index (κ1) is 15.7. The number of thioether (sulfide) groups is 1. The van der Waals surface area contributed by atoms with Crippen molar-refractivity contribution >= 4 is 73.5 Å². The van der Waals surface area contributed by atoms with Crippen LogP contribution in [0.5, 0.6) is 0 Å². The Bertz CT molecular complexity index is 789. The summed E-state index contributed by atoms with van der Waals surface area (Å²) in [4.78, 5) is 14.8. The Morgan fingerprint density at radius 1 is 1.18 bits per heavy atom. The van der Waals surface area contributed by atoms with E-state index in [1.54, 1.807) is 17.0 Å². The van der Waals surface area contributed by atoms with E-state index in [1.807, 2.05) is 42.5 Å². The first-order chi connectivity index (χ1) is 10.5. The van der Waals surface area contributed by atoms with Gasteiger partial charge in [-0.2, -0.15) is 0 Å². The molecule has 2 aromatic rings. The maximum absolute atomic E-state index is 12.6. The third-order valence-corrected chi connectivity index (χ3v) is 5.08. The maximum atomic E-state index is 12.6. The van der Waals surface area contributed by atoms with Gasteiger partial charge in [0.2, 0.25) is 0 Å². The zero-order valence-electron chi connectivity index (χ0n) is 11.1. The first-order valence-electron chi connectivity index (χ1n) is 6.34. The highest BCUT2D eigenvalue weighted by Crippen LogP contribution is 2.36. The highest BCUT2D eigenvalue weighted by atomic mass is 79.9. The largest absolute Gasteiger partial charge is 0.270 e. The lowest BCUT2D eigenvalue weighted by Crippen LogP contribution is -2.27. The van der Waals surface area contributed by atoms with Gasteiger partial charge in [0.05, 0.1) is 10.6 Å². The van der Waals surface area contributed by atoms with Gasteiger partial charge < -0.3 is 0 Å². The van der Waals surface area contributed by atoms with Crippen LogP contribution in [-0.4, -0.2) is 10.2 Å². The third kappa shape index (κ3) is 3.27. The molecule has 110 valence electrons. The molecule has 1 saturated heterocycles. The number of nitrogens with zero attached hydrogens (tertiary/aromatic N) is 1. The molecule has 0 radical (unpaired) electrons. The molecule has 0 N–H and O–H groups in total. The van der Waals surface area contributed by atoms with E-state index in [4.69, 9.17) is 23.8 Å². The van der Waals surface area contributed by atoms with Gasteiger partial charge >= 0.3 is 0 Å². The summed E-state index contributed by atoms with van der Waals surface area (Å²) >= 11 is 15.9. The molecule has 1 aliphatic heterocycles. The minimum atomic E-state index is -0.108. The van der Waals surface area contributed by atoms with E-state index in [0.29, 0.717) is 14.2 Å². The second-order valence-corrected chi connectivity index (χ2v) is 7.58. The molecule has 0 aromatic heterocycles. The molecular weight excluding hydrogens is 402 g/mol. The first-order valence-corrected chi connectivity index (χ1v) is 8.73. The highest BCUT2D eigenvalue weighted by molar-refractivity contribution is 9.10. The minimum Gasteiger partial charge on any atom is -0.268 e. The van der Waals surface area contributed by atoms with Gasteiger partial charge in [0.15, 0.2) is 4.32 Å². The highest BCUT2D eigenvalue weighted by Gasteiger charge is 2.33. The Morgan fingerprint density at radius 3 is 2.59 bits per heavy atom. The molecule has 6 heteroatoms. The van der Waals surface area contributed by atoms with Crippen LogP contribution in [0.15, 0.2) is 57.9 Å². The number of carbonyl (C=O) groups excluding carboxylic acids is 1. The van der Waals surface area contributed by atoms with Crippen molar-refractivity contribution in [2.75, 3.05) is 4.90 Å². The minimum absolute atomic E-state index is 0.108. The monoisotopic (exact) mass is 409 g/mol. The lowest BCUT2D eigenvalue weighted by molar-refractivity contribution is -0.113. The molecule has 22 heavy (non-hydrogen) atoms. The number of amides is 1. The zero-order chi connectivity index (χ0) is 15.7. The molecule has 1 amide bonds. The summed E-state index contributed by atoms with van der Waals surface area (Å²) in [7, 11) is 0. The second-order valence-electron chi connectivity index (χ2n) is 4.55.